The van der Waals surface area contributed by atoms with Gasteiger partial charge in [-0.3, -0.25) is 4.79 Å². The summed E-state index contributed by atoms with van der Waals surface area (Å²) in [6, 6.07) is 0. The molecule has 0 bridgehead atoms. The predicted octanol–water partition coefficient (Wildman–Crippen LogP) is 8.60. The summed E-state index contributed by atoms with van der Waals surface area (Å²) in [5.41, 5.74) is 0. The Balaban J connectivity index is 4.36. The van der Waals surface area contributed by atoms with Gasteiger partial charge < -0.3 is 4.74 Å². The second kappa shape index (κ2) is 20.7. The summed E-state index contributed by atoms with van der Waals surface area (Å²) in [7, 11) is 0. The number of hydrogen-bond acceptors (Lipinski definition) is 2. The Morgan fingerprint density at radius 1 is 0.741 bits per heavy atom. The van der Waals surface area contributed by atoms with Crippen LogP contribution < -0.4 is 0 Å². The molecule has 0 amide bonds. The average Bonchev–Trinajstić information content (AvgIpc) is 2.68. The van der Waals surface area contributed by atoms with Crippen molar-refractivity contribution in [3.05, 3.63) is 0 Å². The molecule has 0 spiro atoms. The predicted molar refractivity (Wildman–Crippen MR) is 123 cm³/mol. The second-order valence-electron chi connectivity index (χ2n) is 8.10. The minimum Gasteiger partial charge on any atom is -0.462 e. The van der Waals surface area contributed by atoms with Crippen LogP contribution in [-0.2, 0) is 9.53 Å². The molecule has 0 saturated heterocycles. The summed E-state index contributed by atoms with van der Waals surface area (Å²) in [5.74, 6) is 0.586. The molecule has 0 aromatic heterocycles. The standard InChI is InChI=1S/C24H47BrO2/c1-4-7-9-11-12-15-19-22(18-14-10-8-5-2)23(6-3)27-24(26)20-16-13-17-21-25/h22-23H,4-21H2,1-3H3. The molecule has 0 aromatic rings. The Labute approximate surface area is 178 Å². The van der Waals surface area contributed by atoms with E-state index in [0.29, 0.717) is 12.3 Å². The molecular formula is C24H47BrO2. The van der Waals surface area contributed by atoms with Gasteiger partial charge in [0.15, 0.2) is 0 Å². The van der Waals surface area contributed by atoms with Crippen LogP contribution in [0.5, 0.6) is 0 Å². The molecule has 0 N–H and O–H groups in total. The van der Waals surface area contributed by atoms with Gasteiger partial charge in [0.1, 0.15) is 6.10 Å². The van der Waals surface area contributed by atoms with Crippen molar-refractivity contribution in [3.63, 3.8) is 0 Å². The maximum atomic E-state index is 12.3. The van der Waals surface area contributed by atoms with Gasteiger partial charge in [-0.05, 0) is 38.0 Å². The highest BCUT2D eigenvalue weighted by molar-refractivity contribution is 9.09. The lowest BCUT2D eigenvalue weighted by Gasteiger charge is -2.26. The molecule has 2 nitrogen and oxygen atoms in total. The van der Waals surface area contributed by atoms with Crippen molar-refractivity contribution in [2.75, 3.05) is 5.33 Å². The molecule has 0 radical (unpaired) electrons. The van der Waals surface area contributed by atoms with Crippen LogP contribution in [0.25, 0.3) is 0 Å². The van der Waals surface area contributed by atoms with Gasteiger partial charge in [0, 0.05) is 11.8 Å². The zero-order chi connectivity index (χ0) is 20.2. The molecular weight excluding hydrogens is 400 g/mol. The molecule has 0 aliphatic heterocycles. The van der Waals surface area contributed by atoms with E-state index in [9.17, 15) is 4.79 Å². The quantitative estimate of drug-likeness (QED) is 0.106. The summed E-state index contributed by atoms with van der Waals surface area (Å²) in [6.45, 7) is 6.72. The van der Waals surface area contributed by atoms with E-state index in [4.69, 9.17) is 4.74 Å². The monoisotopic (exact) mass is 446 g/mol. The first-order valence-electron chi connectivity index (χ1n) is 11.9. The normalized spacial score (nSPS) is 13.5. The lowest BCUT2D eigenvalue weighted by Crippen LogP contribution is -2.26. The van der Waals surface area contributed by atoms with Gasteiger partial charge in [0.25, 0.3) is 0 Å². The van der Waals surface area contributed by atoms with Gasteiger partial charge in [-0.15, -0.1) is 0 Å². The van der Waals surface area contributed by atoms with Crippen LogP contribution in [0.2, 0.25) is 0 Å². The van der Waals surface area contributed by atoms with Crippen LogP contribution in [-0.4, -0.2) is 17.4 Å². The lowest BCUT2D eigenvalue weighted by molar-refractivity contribution is -0.152. The van der Waals surface area contributed by atoms with Crippen molar-refractivity contribution >= 4 is 21.9 Å². The average molecular weight is 448 g/mol. The van der Waals surface area contributed by atoms with Crippen molar-refractivity contribution in [1.82, 2.24) is 0 Å². The molecule has 2 atom stereocenters. The van der Waals surface area contributed by atoms with E-state index >= 15 is 0 Å². The van der Waals surface area contributed by atoms with E-state index < -0.39 is 0 Å². The third kappa shape index (κ3) is 16.6. The summed E-state index contributed by atoms with van der Waals surface area (Å²) in [5, 5.41) is 1.03. The first-order valence-corrected chi connectivity index (χ1v) is 13.1. The number of alkyl halides is 1. The molecule has 0 saturated carbocycles. The number of halogens is 1. The van der Waals surface area contributed by atoms with Crippen molar-refractivity contribution in [3.8, 4) is 0 Å². The van der Waals surface area contributed by atoms with Crippen molar-refractivity contribution in [2.45, 2.75) is 136 Å². The largest absolute Gasteiger partial charge is 0.462 e. The molecule has 0 heterocycles. The molecule has 2 unspecified atom stereocenters. The van der Waals surface area contributed by atoms with Crippen molar-refractivity contribution in [1.29, 1.82) is 0 Å². The minimum absolute atomic E-state index is 0.0259. The van der Waals surface area contributed by atoms with Crippen LogP contribution in [0.4, 0.5) is 0 Å². The Morgan fingerprint density at radius 3 is 1.81 bits per heavy atom. The Hall–Kier alpha value is -0.0500. The highest BCUT2D eigenvalue weighted by atomic mass is 79.9. The van der Waals surface area contributed by atoms with Crippen molar-refractivity contribution in [2.24, 2.45) is 5.92 Å². The maximum Gasteiger partial charge on any atom is 0.306 e. The second-order valence-corrected chi connectivity index (χ2v) is 8.90. The lowest BCUT2D eigenvalue weighted by atomic mass is 9.88. The molecule has 0 aliphatic carbocycles. The highest BCUT2D eigenvalue weighted by Gasteiger charge is 2.23. The first-order chi connectivity index (χ1) is 13.2. The van der Waals surface area contributed by atoms with E-state index in [1.54, 1.807) is 0 Å². The summed E-state index contributed by atoms with van der Waals surface area (Å²) in [4.78, 5) is 12.3. The molecule has 0 aliphatic rings. The zero-order valence-electron chi connectivity index (χ0n) is 18.6. The molecule has 0 fully saturated rings. The fourth-order valence-corrected chi connectivity index (χ4v) is 4.21. The summed E-state index contributed by atoms with van der Waals surface area (Å²) >= 11 is 3.45. The highest BCUT2D eigenvalue weighted by Crippen LogP contribution is 2.26. The number of rotatable bonds is 20. The number of carbonyl (C=O) groups excluding carboxylic acids is 1. The van der Waals surface area contributed by atoms with Gasteiger partial charge in [0.05, 0.1) is 0 Å². The minimum atomic E-state index is 0.0259. The maximum absolute atomic E-state index is 12.3. The topological polar surface area (TPSA) is 26.3 Å². The molecule has 3 heteroatoms. The van der Waals surface area contributed by atoms with Gasteiger partial charge in [-0.25, -0.2) is 0 Å². The van der Waals surface area contributed by atoms with E-state index in [2.05, 4.69) is 36.7 Å². The number of ether oxygens (including phenoxy) is 1. The number of esters is 1. The smallest absolute Gasteiger partial charge is 0.306 e. The molecule has 162 valence electrons. The number of carbonyl (C=O) groups is 1. The molecule has 27 heavy (non-hydrogen) atoms. The van der Waals surface area contributed by atoms with Gasteiger partial charge in [-0.2, -0.15) is 0 Å². The van der Waals surface area contributed by atoms with Crippen molar-refractivity contribution < 1.29 is 9.53 Å². The van der Waals surface area contributed by atoms with E-state index in [1.807, 2.05) is 0 Å². The van der Waals surface area contributed by atoms with Crippen LogP contribution in [0.15, 0.2) is 0 Å². The third-order valence-corrected chi connectivity index (χ3v) is 6.14. The van der Waals surface area contributed by atoms with E-state index in [-0.39, 0.29) is 12.1 Å². The molecule has 0 aromatic carbocycles. The Morgan fingerprint density at radius 2 is 1.26 bits per heavy atom. The Bertz CT molecular complexity index is 320. The van der Waals surface area contributed by atoms with Gasteiger partial charge >= 0.3 is 5.97 Å². The number of hydrogen-bond donors (Lipinski definition) is 0. The SMILES string of the molecule is CCCCCCCCC(CCCCCC)C(CC)OC(=O)CCCCCBr. The Kier molecular flexibility index (Phi) is 20.6. The fourth-order valence-electron chi connectivity index (χ4n) is 3.82. The van der Waals surface area contributed by atoms with Gasteiger partial charge in [-0.1, -0.05) is 107 Å². The first kappa shape index (κ1) is 27.0. The third-order valence-electron chi connectivity index (χ3n) is 5.58. The summed E-state index contributed by atoms with van der Waals surface area (Å²) in [6.07, 6.45) is 20.6. The van der Waals surface area contributed by atoms with E-state index in [1.165, 1.54) is 77.0 Å². The fraction of sp³-hybridized carbons (Fsp3) is 0.958. The van der Waals surface area contributed by atoms with E-state index in [0.717, 1.165) is 31.0 Å². The zero-order valence-corrected chi connectivity index (χ0v) is 20.2. The molecule has 0 rings (SSSR count). The van der Waals surface area contributed by atoms with Gasteiger partial charge in [0.2, 0.25) is 0 Å². The van der Waals surface area contributed by atoms with Crippen LogP contribution in [0, 0.1) is 5.92 Å². The van der Waals surface area contributed by atoms with Crippen LogP contribution >= 0.6 is 15.9 Å². The van der Waals surface area contributed by atoms with Crippen LogP contribution in [0.1, 0.15) is 130 Å². The number of unbranched alkanes of at least 4 members (excludes halogenated alkanes) is 10. The van der Waals surface area contributed by atoms with Crippen LogP contribution in [0.3, 0.4) is 0 Å². The summed E-state index contributed by atoms with van der Waals surface area (Å²) < 4.78 is 5.94.